The minimum Gasteiger partial charge on any atom is -0.492 e. The predicted molar refractivity (Wildman–Crippen MR) is 71.6 cm³/mol. The van der Waals surface area contributed by atoms with Crippen LogP contribution in [0.25, 0.3) is 0 Å². The van der Waals surface area contributed by atoms with Gasteiger partial charge in [0.05, 0.1) is 0 Å². The first-order chi connectivity index (χ1) is 8.79. The summed E-state index contributed by atoms with van der Waals surface area (Å²) in [4.78, 5) is 12.5. The third-order valence-electron chi connectivity index (χ3n) is 3.46. The lowest BCUT2D eigenvalue weighted by Crippen LogP contribution is -2.30. The van der Waals surface area contributed by atoms with Gasteiger partial charge in [0.2, 0.25) is 0 Å². The lowest BCUT2D eigenvalue weighted by Gasteiger charge is -2.19. The highest BCUT2D eigenvalue weighted by atomic mass is 16.5. The summed E-state index contributed by atoms with van der Waals surface area (Å²) in [7, 11) is 2.15. The largest absolute Gasteiger partial charge is 0.492 e. The first-order valence-corrected chi connectivity index (χ1v) is 6.41. The van der Waals surface area contributed by atoms with E-state index in [1.807, 2.05) is 24.3 Å². The Labute approximate surface area is 108 Å². The van der Waals surface area contributed by atoms with Gasteiger partial charge in [-0.1, -0.05) is 12.1 Å². The van der Waals surface area contributed by atoms with Gasteiger partial charge >= 0.3 is 0 Å². The third-order valence-corrected chi connectivity index (χ3v) is 3.46. The van der Waals surface area contributed by atoms with Gasteiger partial charge < -0.3 is 9.64 Å². The summed E-state index contributed by atoms with van der Waals surface area (Å²) in [5.41, 5.74) is 1.10. The van der Waals surface area contributed by atoms with Gasteiger partial charge in [0.25, 0.3) is 0 Å². The molecule has 18 heavy (non-hydrogen) atoms. The zero-order chi connectivity index (χ0) is 12.8. The van der Waals surface area contributed by atoms with Crippen molar-refractivity contribution >= 4 is 5.94 Å². The molecule has 0 aromatic heterocycles. The van der Waals surface area contributed by atoms with E-state index in [1.54, 1.807) is 5.94 Å². The summed E-state index contributed by atoms with van der Waals surface area (Å²) in [5.74, 6) is 2.68. The van der Waals surface area contributed by atoms with Crippen LogP contribution in [-0.2, 0) is 11.2 Å². The molecule has 0 N–H and O–H groups in total. The Kier molecular flexibility index (Phi) is 4.57. The van der Waals surface area contributed by atoms with Crippen molar-refractivity contribution in [3.05, 3.63) is 35.9 Å². The number of likely N-dealkylation sites (tertiary alicyclic amines) is 1. The molecule has 1 saturated heterocycles. The second kappa shape index (κ2) is 6.39. The number of carbonyl (C=O) groups excluding carboxylic acids is 1. The van der Waals surface area contributed by atoms with Crippen LogP contribution < -0.4 is 4.74 Å². The van der Waals surface area contributed by atoms with Crippen molar-refractivity contribution in [3.63, 3.8) is 0 Å². The summed E-state index contributed by atoms with van der Waals surface area (Å²) in [5, 5.41) is 0. The zero-order valence-corrected chi connectivity index (χ0v) is 10.8. The number of likely N-dealkylation sites (N-methyl/N-ethyl adjacent to an activating group) is 1. The molecule has 3 heteroatoms. The molecule has 0 bridgehead atoms. The highest BCUT2D eigenvalue weighted by Gasteiger charge is 2.21. The summed E-state index contributed by atoms with van der Waals surface area (Å²) in [6.07, 6.45) is 4.61. The molecular formula is C15H19NO2. The standard InChI is InChI=1S/C15H19NO2/c1-16-10-2-5-14(16)12-18-15-8-6-13(7-9-15)4-3-11-17/h3,6-9,14H,2,4-5,10,12H2,1H3/t14-/m0/s1. The van der Waals surface area contributed by atoms with Crippen LogP contribution in [-0.4, -0.2) is 37.1 Å². The van der Waals surface area contributed by atoms with Gasteiger partial charge in [-0.05, 0) is 44.1 Å². The fourth-order valence-corrected chi connectivity index (χ4v) is 2.26. The van der Waals surface area contributed by atoms with E-state index < -0.39 is 0 Å². The molecule has 0 aliphatic carbocycles. The Morgan fingerprint density at radius 2 is 2.22 bits per heavy atom. The van der Waals surface area contributed by atoms with Gasteiger partial charge in [-0.15, -0.1) is 0 Å². The number of ether oxygens (including phenoxy) is 1. The molecule has 0 unspecified atom stereocenters. The second-order valence-corrected chi connectivity index (χ2v) is 4.76. The first kappa shape index (κ1) is 12.9. The highest BCUT2D eigenvalue weighted by molar-refractivity contribution is 5.46. The third kappa shape index (κ3) is 3.46. The summed E-state index contributed by atoms with van der Waals surface area (Å²) in [6, 6.07) is 8.44. The molecule has 0 amide bonds. The summed E-state index contributed by atoms with van der Waals surface area (Å²) >= 11 is 0. The van der Waals surface area contributed by atoms with E-state index in [9.17, 15) is 4.79 Å². The molecule has 2 rings (SSSR count). The summed E-state index contributed by atoms with van der Waals surface area (Å²) in [6.45, 7) is 1.93. The summed E-state index contributed by atoms with van der Waals surface area (Å²) < 4.78 is 5.79. The Balaban J connectivity index is 1.84. The SMILES string of the molecule is CN1CCC[C@H]1COc1ccc(CC=C=O)cc1. The Morgan fingerprint density at radius 1 is 1.44 bits per heavy atom. The Bertz CT molecular complexity index is 421. The van der Waals surface area contributed by atoms with Crippen molar-refractivity contribution in [1.29, 1.82) is 0 Å². The van der Waals surface area contributed by atoms with E-state index in [4.69, 9.17) is 4.74 Å². The van der Waals surface area contributed by atoms with Crippen molar-refractivity contribution in [2.24, 2.45) is 0 Å². The maximum absolute atomic E-state index is 10.1. The molecule has 0 spiro atoms. The topological polar surface area (TPSA) is 29.5 Å². The molecule has 0 radical (unpaired) electrons. The van der Waals surface area contributed by atoms with E-state index >= 15 is 0 Å². The van der Waals surface area contributed by atoms with Crippen LogP contribution in [0.3, 0.4) is 0 Å². The number of hydrogen-bond acceptors (Lipinski definition) is 3. The van der Waals surface area contributed by atoms with Crippen LogP contribution in [0.5, 0.6) is 5.75 Å². The Hall–Kier alpha value is -1.57. The number of rotatable bonds is 5. The fraction of sp³-hybridized carbons (Fsp3) is 0.467. The maximum atomic E-state index is 10.1. The van der Waals surface area contributed by atoms with Gasteiger partial charge in [0.15, 0.2) is 0 Å². The molecule has 1 aliphatic heterocycles. The molecular weight excluding hydrogens is 226 g/mol. The number of allylic oxidation sites excluding steroid dienone is 1. The lowest BCUT2D eigenvalue weighted by molar-refractivity contribution is 0.198. The van der Waals surface area contributed by atoms with Crippen molar-refractivity contribution in [2.45, 2.75) is 25.3 Å². The van der Waals surface area contributed by atoms with E-state index in [2.05, 4.69) is 11.9 Å². The van der Waals surface area contributed by atoms with Crippen molar-refractivity contribution < 1.29 is 9.53 Å². The smallest absolute Gasteiger partial charge is 0.120 e. The van der Waals surface area contributed by atoms with Gasteiger partial charge in [0, 0.05) is 18.5 Å². The molecule has 1 aromatic carbocycles. The molecule has 1 heterocycles. The quantitative estimate of drug-likeness (QED) is 0.744. The van der Waals surface area contributed by atoms with Crippen LogP contribution >= 0.6 is 0 Å². The van der Waals surface area contributed by atoms with E-state index in [0.29, 0.717) is 12.5 Å². The number of benzene rings is 1. The minimum atomic E-state index is 0.544. The second-order valence-electron chi connectivity index (χ2n) is 4.76. The van der Waals surface area contributed by atoms with E-state index in [0.717, 1.165) is 17.9 Å². The minimum absolute atomic E-state index is 0.544. The molecule has 0 saturated carbocycles. The molecule has 1 fully saturated rings. The van der Waals surface area contributed by atoms with Crippen LogP contribution in [0.15, 0.2) is 30.3 Å². The number of hydrogen-bond donors (Lipinski definition) is 0. The fourth-order valence-electron chi connectivity index (χ4n) is 2.26. The molecule has 96 valence electrons. The number of nitrogens with zero attached hydrogens (tertiary/aromatic N) is 1. The normalized spacial score (nSPS) is 19.5. The lowest BCUT2D eigenvalue weighted by atomic mass is 10.1. The monoisotopic (exact) mass is 245 g/mol. The van der Waals surface area contributed by atoms with Crippen LogP contribution in [0.1, 0.15) is 18.4 Å². The van der Waals surface area contributed by atoms with E-state index in [-0.39, 0.29) is 0 Å². The van der Waals surface area contributed by atoms with Crippen molar-refractivity contribution in [2.75, 3.05) is 20.2 Å². The van der Waals surface area contributed by atoms with Crippen LogP contribution in [0.2, 0.25) is 0 Å². The first-order valence-electron chi connectivity index (χ1n) is 6.41. The predicted octanol–water partition coefficient (Wildman–Crippen LogP) is 2.09. The molecule has 3 nitrogen and oxygen atoms in total. The van der Waals surface area contributed by atoms with Gasteiger partial charge in [-0.25, -0.2) is 4.79 Å². The van der Waals surface area contributed by atoms with Gasteiger partial charge in [-0.3, -0.25) is 0 Å². The van der Waals surface area contributed by atoms with Crippen molar-refractivity contribution in [3.8, 4) is 5.75 Å². The average Bonchev–Trinajstić information content (AvgIpc) is 2.81. The maximum Gasteiger partial charge on any atom is 0.120 e. The van der Waals surface area contributed by atoms with E-state index in [1.165, 1.54) is 25.5 Å². The molecule has 1 aromatic rings. The Morgan fingerprint density at radius 3 is 2.83 bits per heavy atom. The average molecular weight is 245 g/mol. The van der Waals surface area contributed by atoms with Gasteiger partial charge in [0.1, 0.15) is 18.3 Å². The highest BCUT2D eigenvalue weighted by Crippen LogP contribution is 2.18. The van der Waals surface area contributed by atoms with Crippen LogP contribution in [0.4, 0.5) is 0 Å². The van der Waals surface area contributed by atoms with Gasteiger partial charge in [-0.2, -0.15) is 0 Å². The van der Waals surface area contributed by atoms with Crippen LogP contribution in [0, 0.1) is 0 Å². The molecule has 1 atom stereocenters. The zero-order valence-electron chi connectivity index (χ0n) is 10.8. The van der Waals surface area contributed by atoms with Crippen molar-refractivity contribution in [1.82, 2.24) is 4.90 Å². The molecule has 1 aliphatic rings.